The van der Waals surface area contributed by atoms with Crippen LogP contribution in [0.1, 0.15) is 40.2 Å². The van der Waals surface area contributed by atoms with Crippen LogP contribution in [0.2, 0.25) is 0 Å². The molecule has 0 saturated heterocycles. The van der Waals surface area contributed by atoms with E-state index in [1.807, 2.05) is 48.5 Å². The van der Waals surface area contributed by atoms with E-state index in [2.05, 4.69) is 37.9 Å². The molecular formula is C27H28N6O3S2. The van der Waals surface area contributed by atoms with E-state index in [4.69, 9.17) is 4.74 Å². The van der Waals surface area contributed by atoms with Crippen molar-refractivity contribution in [1.29, 1.82) is 0 Å². The third-order valence-electron chi connectivity index (χ3n) is 6.19. The van der Waals surface area contributed by atoms with Gasteiger partial charge in [-0.3, -0.25) is 9.69 Å². The van der Waals surface area contributed by atoms with Crippen molar-refractivity contribution in [2.45, 2.75) is 43.8 Å². The largest absolute Gasteiger partial charge is 0.462 e. The third-order valence-corrected chi connectivity index (χ3v) is 8.36. The van der Waals surface area contributed by atoms with Crippen LogP contribution < -0.4 is 5.32 Å². The van der Waals surface area contributed by atoms with E-state index in [-0.39, 0.29) is 12.5 Å². The molecule has 2 aromatic carbocycles. The maximum atomic E-state index is 13.3. The first kappa shape index (κ1) is 26.1. The molecule has 0 fully saturated rings. The molecule has 1 aliphatic rings. The lowest BCUT2D eigenvalue weighted by atomic mass is 10.0. The van der Waals surface area contributed by atoms with Gasteiger partial charge in [-0.1, -0.05) is 60.3 Å². The number of hydrogen-bond acceptors (Lipinski definition) is 9. The lowest BCUT2D eigenvalue weighted by molar-refractivity contribution is -0.115. The molecule has 11 heteroatoms. The first-order valence-electron chi connectivity index (χ1n) is 12.4. The minimum atomic E-state index is -0.507. The van der Waals surface area contributed by atoms with Crippen molar-refractivity contribution in [1.82, 2.24) is 25.1 Å². The average molecular weight is 549 g/mol. The Morgan fingerprint density at radius 3 is 2.61 bits per heavy atom. The van der Waals surface area contributed by atoms with Crippen LogP contribution in [0.3, 0.4) is 0 Å². The quantitative estimate of drug-likeness (QED) is 0.240. The topological polar surface area (TPSA) is 102 Å². The average Bonchev–Trinajstić information content (AvgIpc) is 3.53. The molecule has 0 saturated carbocycles. The number of nitrogens with zero attached hydrogens (tertiary/aromatic N) is 5. The second-order valence-electron chi connectivity index (χ2n) is 8.83. The smallest absolute Gasteiger partial charge is 0.341 e. The van der Waals surface area contributed by atoms with Crippen LogP contribution in [0.25, 0.3) is 5.69 Å². The minimum Gasteiger partial charge on any atom is -0.462 e. The molecule has 0 spiro atoms. The maximum absolute atomic E-state index is 13.3. The Morgan fingerprint density at radius 1 is 1.13 bits per heavy atom. The first-order chi connectivity index (χ1) is 18.5. The third kappa shape index (κ3) is 5.79. The molecule has 0 radical (unpaired) electrons. The van der Waals surface area contributed by atoms with Crippen molar-refractivity contribution in [2.24, 2.45) is 0 Å². The zero-order valence-corrected chi connectivity index (χ0v) is 22.8. The molecule has 9 nitrogen and oxygen atoms in total. The summed E-state index contributed by atoms with van der Waals surface area (Å²) in [6.07, 6.45) is 0.721. The summed E-state index contributed by atoms with van der Waals surface area (Å²) in [6, 6.07) is 19.8. The van der Waals surface area contributed by atoms with E-state index < -0.39 is 11.2 Å². The van der Waals surface area contributed by atoms with Gasteiger partial charge in [0.05, 0.1) is 23.1 Å². The van der Waals surface area contributed by atoms with Crippen LogP contribution in [-0.2, 0) is 29.0 Å². The number of carbonyl (C=O) groups is 2. The predicted octanol–water partition coefficient (Wildman–Crippen LogP) is 4.58. The van der Waals surface area contributed by atoms with E-state index in [0.29, 0.717) is 22.3 Å². The number of thiophene rings is 1. The Morgan fingerprint density at radius 2 is 1.87 bits per heavy atom. The highest BCUT2D eigenvalue weighted by molar-refractivity contribution is 8.00. The maximum Gasteiger partial charge on any atom is 0.341 e. The molecule has 0 bridgehead atoms. The molecule has 3 heterocycles. The summed E-state index contributed by atoms with van der Waals surface area (Å²) < 4.78 is 6.98. The number of fused-ring (bicyclic) bond motifs is 1. The van der Waals surface area contributed by atoms with Gasteiger partial charge >= 0.3 is 5.97 Å². The Labute approximate surface area is 229 Å². The van der Waals surface area contributed by atoms with Crippen LogP contribution in [-0.4, -0.2) is 55.4 Å². The number of rotatable bonds is 9. The fourth-order valence-electron chi connectivity index (χ4n) is 4.35. The number of para-hydroxylation sites is 1. The zero-order valence-electron chi connectivity index (χ0n) is 21.2. The molecule has 1 amide bonds. The summed E-state index contributed by atoms with van der Waals surface area (Å²) in [7, 11) is 0. The summed E-state index contributed by atoms with van der Waals surface area (Å²) in [5.74, 6) is -0.631. The number of thioether (sulfide) groups is 1. The fraction of sp³-hybridized carbons (Fsp3) is 0.296. The Hall–Kier alpha value is -3.54. The van der Waals surface area contributed by atoms with E-state index >= 15 is 0 Å². The van der Waals surface area contributed by atoms with Gasteiger partial charge in [0.1, 0.15) is 5.00 Å². The monoisotopic (exact) mass is 548 g/mol. The van der Waals surface area contributed by atoms with Crippen molar-refractivity contribution >= 4 is 40.0 Å². The minimum absolute atomic E-state index is 0.233. The van der Waals surface area contributed by atoms with Crippen molar-refractivity contribution in [3.8, 4) is 5.69 Å². The Kier molecular flexibility index (Phi) is 8.16. The molecule has 5 rings (SSSR count). The number of benzene rings is 2. The van der Waals surface area contributed by atoms with Crippen LogP contribution in [0.5, 0.6) is 0 Å². The molecule has 196 valence electrons. The van der Waals surface area contributed by atoms with Gasteiger partial charge < -0.3 is 10.1 Å². The number of tetrazole rings is 1. The lowest BCUT2D eigenvalue weighted by Crippen LogP contribution is -2.30. The second kappa shape index (κ2) is 11.9. The van der Waals surface area contributed by atoms with E-state index in [1.54, 1.807) is 18.5 Å². The summed E-state index contributed by atoms with van der Waals surface area (Å²) in [6.45, 7) is 6.22. The van der Waals surface area contributed by atoms with Crippen molar-refractivity contribution < 1.29 is 14.3 Å². The first-order valence-corrected chi connectivity index (χ1v) is 14.1. The van der Waals surface area contributed by atoms with Crippen molar-refractivity contribution in [2.75, 3.05) is 18.5 Å². The lowest BCUT2D eigenvalue weighted by Gasteiger charge is -2.27. The summed E-state index contributed by atoms with van der Waals surface area (Å²) in [4.78, 5) is 29.7. The Bertz CT molecular complexity index is 1410. The normalized spacial score (nSPS) is 14.1. The van der Waals surface area contributed by atoms with Crippen LogP contribution >= 0.6 is 23.1 Å². The number of esters is 1. The second-order valence-corrected chi connectivity index (χ2v) is 11.2. The van der Waals surface area contributed by atoms with E-state index in [9.17, 15) is 9.59 Å². The van der Waals surface area contributed by atoms with Crippen molar-refractivity contribution in [3.63, 3.8) is 0 Å². The number of carbonyl (C=O) groups excluding carboxylic acids is 2. The molecule has 0 aliphatic carbocycles. The van der Waals surface area contributed by atoms with Gasteiger partial charge in [0.2, 0.25) is 11.1 Å². The molecule has 1 N–H and O–H groups in total. The predicted molar refractivity (Wildman–Crippen MR) is 148 cm³/mol. The van der Waals surface area contributed by atoms with Gasteiger partial charge in [-0.05, 0) is 54.0 Å². The molecule has 1 unspecified atom stereocenters. The summed E-state index contributed by atoms with van der Waals surface area (Å²) in [5.41, 5.74) is 3.51. The number of amides is 1. The number of ether oxygens (including phenoxy) is 1. The molecule has 1 atom stereocenters. The van der Waals surface area contributed by atoms with Gasteiger partial charge in [0.25, 0.3) is 0 Å². The molecular weight excluding hydrogens is 520 g/mol. The van der Waals surface area contributed by atoms with Crippen LogP contribution in [0, 0.1) is 0 Å². The Balaban J connectivity index is 1.33. The summed E-state index contributed by atoms with van der Waals surface area (Å²) >= 11 is 2.71. The van der Waals surface area contributed by atoms with Crippen LogP contribution in [0.15, 0.2) is 65.8 Å². The van der Waals surface area contributed by atoms with E-state index in [1.165, 1.54) is 28.7 Å². The highest BCUT2D eigenvalue weighted by Gasteiger charge is 2.30. The molecule has 1 aliphatic heterocycles. The van der Waals surface area contributed by atoms with Gasteiger partial charge in [-0.15, -0.1) is 16.4 Å². The van der Waals surface area contributed by atoms with Gasteiger partial charge in [-0.25, -0.2) is 4.79 Å². The highest BCUT2D eigenvalue weighted by atomic mass is 32.2. The zero-order chi connectivity index (χ0) is 26.5. The van der Waals surface area contributed by atoms with Gasteiger partial charge in [0.15, 0.2) is 0 Å². The van der Waals surface area contributed by atoms with Crippen LogP contribution in [0.4, 0.5) is 5.00 Å². The molecule has 38 heavy (non-hydrogen) atoms. The van der Waals surface area contributed by atoms with Crippen molar-refractivity contribution in [3.05, 3.63) is 82.2 Å². The SMILES string of the molecule is CCOC(=O)c1c(NC(=O)C(C)Sc2nnnn2-c2ccccc2)sc2c1CCN(Cc1ccccc1)C2. The van der Waals surface area contributed by atoms with Gasteiger partial charge in [0, 0.05) is 24.5 Å². The number of hydrogen-bond donors (Lipinski definition) is 1. The van der Waals surface area contributed by atoms with Gasteiger partial charge in [-0.2, -0.15) is 4.68 Å². The number of anilines is 1. The highest BCUT2D eigenvalue weighted by Crippen LogP contribution is 2.38. The summed E-state index contributed by atoms with van der Waals surface area (Å²) in [5, 5.41) is 15.5. The molecule has 2 aromatic heterocycles. The number of aromatic nitrogens is 4. The standard InChI is InChI=1S/C27H28N6O3S2/c1-3-36-26(35)23-21-14-15-32(16-19-10-6-4-7-11-19)17-22(21)38-25(23)28-24(34)18(2)37-27-29-30-31-33(27)20-12-8-5-9-13-20/h4-13,18H,3,14-17H2,1-2H3,(H,28,34). The van der Waals surface area contributed by atoms with E-state index in [0.717, 1.165) is 35.6 Å². The fourth-order valence-corrected chi connectivity index (χ4v) is 6.44. The molecule has 4 aromatic rings. The number of nitrogens with one attached hydrogen (secondary N) is 1.